The van der Waals surface area contributed by atoms with Gasteiger partial charge in [-0.15, -0.1) is 0 Å². The van der Waals surface area contributed by atoms with E-state index in [1.807, 2.05) is 0 Å². The zero-order valence-corrected chi connectivity index (χ0v) is 7.58. The molecule has 11 heavy (non-hydrogen) atoms. The van der Waals surface area contributed by atoms with Crippen molar-refractivity contribution in [3.8, 4) is 0 Å². The second-order valence-electron chi connectivity index (χ2n) is 3.42. The summed E-state index contributed by atoms with van der Waals surface area (Å²) in [5, 5.41) is 3.88. The third-order valence-corrected chi connectivity index (χ3v) is 1.90. The van der Waals surface area contributed by atoms with Gasteiger partial charge in [-0.3, -0.25) is 0 Å². The number of ether oxygens (including phenoxy) is 1. The van der Waals surface area contributed by atoms with E-state index in [4.69, 9.17) is 16.3 Å². The Balaban J connectivity index is 2.07. The number of halogens is 1. The van der Waals surface area contributed by atoms with E-state index in [0.717, 1.165) is 19.8 Å². The Morgan fingerprint density at radius 3 is 2.73 bits per heavy atom. The first kappa shape index (κ1) is 9.04. The van der Waals surface area contributed by atoms with E-state index in [1.54, 1.807) is 0 Å². The number of hydrogen-bond donors (Lipinski definition) is 1. The Kier molecular flexibility index (Phi) is 2.93. The first-order chi connectivity index (χ1) is 5.12. The lowest BCUT2D eigenvalue weighted by Crippen LogP contribution is -2.47. The van der Waals surface area contributed by atoms with Gasteiger partial charge < -0.3 is 10.1 Å². The average molecular weight is 176 g/mol. The molecule has 0 aromatic heterocycles. The van der Waals surface area contributed by atoms with Crippen LogP contribution in [0, 0.1) is 5.41 Å². The molecule has 1 saturated heterocycles. The zero-order valence-electron chi connectivity index (χ0n) is 6.82. The first-order valence-corrected chi connectivity index (χ1v) is 4.12. The third kappa shape index (κ3) is 2.81. The van der Waals surface area contributed by atoms with Gasteiger partial charge in [0, 0.05) is 23.5 Å². The smallest absolute Gasteiger partial charge is 0.0554 e. The molecule has 0 bridgehead atoms. The van der Waals surface area contributed by atoms with Crippen molar-refractivity contribution in [2.45, 2.75) is 6.92 Å². The minimum absolute atomic E-state index is 0.326. The summed E-state index contributed by atoms with van der Waals surface area (Å²) in [6, 6.07) is 0. The normalized spacial score (nSPS) is 20.9. The van der Waals surface area contributed by atoms with E-state index in [-0.39, 0.29) is 0 Å². The van der Waals surface area contributed by atoms with E-state index in [9.17, 15) is 0 Å². The maximum Gasteiger partial charge on any atom is 0.0554 e. The highest BCUT2D eigenvalue weighted by molar-refractivity contribution is 6.29. The van der Waals surface area contributed by atoms with Gasteiger partial charge in [-0.05, 0) is 0 Å². The highest BCUT2D eigenvalue weighted by Gasteiger charge is 2.32. The Labute approximate surface area is 72.6 Å². The van der Waals surface area contributed by atoms with Gasteiger partial charge in [-0.25, -0.2) is 0 Å². The minimum Gasteiger partial charge on any atom is -0.380 e. The molecule has 64 valence electrons. The van der Waals surface area contributed by atoms with Crippen molar-refractivity contribution >= 4 is 11.6 Å². The van der Waals surface area contributed by atoms with Gasteiger partial charge in [-0.2, -0.15) is 0 Å². The van der Waals surface area contributed by atoms with Crippen LogP contribution in [-0.2, 0) is 4.74 Å². The Morgan fingerprint density at radius 2 is 2.36 bits per heavy atom. The lowest BCUT2D eigenvalue weighted by Gasteiger charge is -2.38. The van der Waals surface area contributed by atoms with Crippen molar-refractivity contribution in [3.05, 3.63) is 11.6 Å². The summed E-state index contributed by atoms with van der Waals surface area (Å²) in [5.41, 5.74) is 0.326. The molecular formula is C8H14ClNO. The molecule has 1 aliphatic heterocycles. The van der Waals surface area contributed by atoms with Crippen LogP contribution < -0.4 is 5.32 Å². The predicted octanol–water partition coefficient (Wildman–Crippen LogP) is 1.36. The van der Waals surface area contributed by atoms with E-state index in [0.29, 0.717) is 17.0 Å². The number of nitrogens with one attached hydrogen (secondary N) is 1. The van der Waals surface area contributed by atoms with Gasteiger partial charge in [0.1, 0.15) is 0 Å². The molecule has 1 fully saturated rings. The van der Waals surface area contributed by atoms with Gasteiger partial charge >= 0.3 is 0 Å². The highest BCUT2D eigenvalue weighted by atomic mass is 35.5. The van der Waals surface area contributed by atoms with Gasteiger partial charge in [0.05, 0.1) is 13.2 Å². The van der Waals surface area contributed by atoms with E-state index in [1.165, 1.54) is 0 Å². The van der Waals surface area contributed by atoms with Gasteiger partial charge in [0.15, 0.2) is 0 Å². The summed E-state index contributed by atoms with van der Waals surface area (Å²) in [4.78, 5) is 0. The van der Waals surface area contributed by atoms with Crippen LogP contribution in [0.25, 0.3) is 0 Å². The van der Waals surface area contributed by atoms with Crippen molar-refractivity contribution in [2.24, 2.45) is 5.41 Å². The molecule has 1 N–H and O–H groups in total. The van der Waals surface area contributed by atoms with Crippen molar-refractivity contribution < 1.29 is 4.74 Å². The third-order valence-electron chi connectivity index (χ3n) is 1.77. The summed E-state index contributed by atoms with van der Waals surface area (Å²) in [6.07, 6.45) is 0. The fraction of sp³-hybridized carbons (Fsp3) is 0.750. The minimum atomic E-state index is 0.326. The van der Waals surface area contributed by atoms with Gasteiger partial charge in [-0.1, -0.05) is 25.1 Å². The van der Waals surface area contributed by atoms with Crippen LogP contribution in [0.15, 0.2) is 11.6 Å². The summed E-state index contributed by atoms with van der Waals surface area (Å²) < 4.78 is 5.10. The van der Waals surface area contributed by atoms with Crippen LogP contribution in [0.4, 0.5) is 0 Å². The van der Waals surface area contributed by atoms with Crippen LogP contribution >= 0.6 is 11.6 Å². The molecule has 0 saturated carbocycles. The maximum absolute atomic E-state index is 5.58. The molecule has 1 heterocycles. The molecule has 0 atom stereocenters. The van der Waals surface area contributed by atoms with Crippen molar-refractivity contribution in [1.29, 1.82) is 0 Å². The summed E-state index contributed by atoms with van der Waals surface area (Å²) in [5.74, 6) is 0. The molecule has 3 heteroatoms. The molecule has 0 amide bonds. The van der Waals surface area contributed by atoms with Gasteiger partial charge in [0.2, 0.25) is 0 Å². The standard InChI is InChI=1S/C8H14ClNO/c1-7(9)3-10-4-8(2)5-11-6-8/h10H,1,3-6H2,2H3. The van der Waals surface area contributed by atoms with Crippen LogP contribution in [-0.4, -0.2) is 26.3 Å². The topological polar surface area (TPSA) is 21.3 Å². The first-order valence-electron chi connectivity index (χ1n) is 3.74. The van der Waals surface area contributed by atoms with Crippen LogP contribution in [0.3, 0.4) is 0 Å². The number of hydrogen-bond acceptors (Lipinski definition) is 2. The van der Waals surface area contributed by atoms with Crippen molar-refractivity contribution in [3.63, 3.8) is 0 Å². The van der Waals surface area contributed by atoms with Crippen molar-refractivity contribution in [2.75, 3.05) is 26.3 Å². The fourth-order valence-corrected chi connectivity index (χ4v) is 1.15. The molecule has 1 rings (SSSR count). The predicted molar refractivity (Wildman–Crippen MR) is 46.8 cm³/mol. The number of rotatable bonds is 4. The second kappa shape index (κ2) is 3.57. The summed E-state index contributed by atoms with van der Waals surface area (Å²) >= 11 is 5.58. The molecule has 0 radical (unpaired) electrons. The van der Waals surface area contributed by atoms with E-state index >= 15 is 0 Å². The van der Waals surface area contributed by atoms with Crippen LogP contribution in [0.2, 0.25) is 0 Å². The lowest BCUT2D eigenvalue weighted by atomic mass is 9.89. The fourth-order valence-electron chi connectivity index (χ4n) is 1.05. The molecule has 0 aromatic rings. The van der Waals surface area contributed by atoms with Crippen LogP contribution in [0.5, 0.6) is 0 Å². The molecule has 0 aromatic carbocycles. The molecule has 0 unspecified atom stereocenters. The maximum atomic E-state index is 5.58. The Hall–Kier alpha value is -0.0500. The summed E-state index contributed by atoms with van der Waals surface area (Å²) in [7, 11) is 0. The molecular weight excluding hydrogens is 162 g/mol. The average Bonchev–Trinajstić information content (AvgIpc) is 1.83. The zero-order chi connectivity index (χ0) is 8.32. The highest BCUT2D eigenvalue weighted by Crippen LogP contribution is 2.24. The molecule has 1 aliphatic rings. The molecule has 0 aliphatic carbocycles. The van der Waals surface area contributed by atoms with E-state index < -0.39 is 0 Å². The van der Waals surface area contributed by atoms with E-state index in [2.05, 4.69) is 18.8 Å². The SMILES string of the molecule is C=C(Cl)CNCC1(C)COC1. The van der Waals surface area contributed by atoms with Crippen molar-refractivity contribution in [1.82, 2.24) is 5.32 Å². The monoisotopic (exact) mass is 175 g/mol. The lowest BCUT2D eigenvalue weighted by molar-refractivity contribution is -0.0986. The Morgan fingerprint density at radius 1 is 1.73 bits per heavy atom. The Bertz CT molecular complexity index is 154. The molecule has 0 spiro atoms. The largest absolute Gasteiger partial charge is 0.380 e. The second-order valence-corrected chi connectivity index (χ2v) is 3.96. The quantitative estimate of drug-likeness (QED) is 0.697. The summed E-state index contributed by atoms with van der Waals surface area (Å²) in [6.45, 7) is 9.15. The molecule has 2 nitrogen and oxygen atoms in total. The van der Waals surface area contributed by atoms with Gasteiger partial charge in [0.25, 0.3) is 0 Å². The van der Waals surface area contributed by atoms with Crippen LogP contribution in [0.1, 0.15) is 6.92 Å².